The molecular formula is C22H19N3O3S. The van der Waals surface area contributed by atoms with Gasteiger partial charge in [-0.3, -0.25) is 4.79 Å². The van der Waals surface area contributed by atoms with Gasteiger partial charge in [0.15, 0.2) is 5.09 Å². The first-order valence-electron chi connectivity index (χ1n) is 9.50. The van der Waals surface area contributed by atoms with Crippen LogP contribution in [0.2, 0.25) is 0 Å². The van der Waals surface area contributed by atoms with E-state index in [0.717, 1.165) is 24.0 Å². The lowest BCUT2D eigenvalue weighted by molar-refractivity contribution is 0.447. The van der Waals surface area contributed by atoms with Crippen LogP contribution < -0.4 is 15.6 Å². The van der Waals surface area contributed by atoms with Crippen LogP contribution in [0.4, 0.5) is 5.69 Å². The molecule has 1 N–H and O–H groups in total. The first kappa shape index (κ1) is 17.9. The van der Waals surface area contributed by atoms with Crippen LogP contribution in [-0.2, 0) is 6.42 Å². The zero-order valence-corrected chi connectivity index (χ0v) is 16.7. The molecule has 146 valence electrons. The minimum absolute atomic E-state index is 0.354. The number of H-pyrrole nitrogens is 1. The summed E-state index contributed by atoms with van der Waals surface area (Å²) < 4.78 is 9.27. The van der Waals surface area contributed by atoms with Crippen LogP contribution in [0.1, 0.15) is 17.7 Å². The zero-order valence-electron chi connectivity index (χ0n) is 15.8. The van der Waals surface area contributed by atoms with Gasteiger partial charge in [-0.25, -0.2) is 9.36 Å². The predicted octanol–water partition coefficient (Wildman–Crippen LogP) is 4.04. The molecule has 0 saturated carbocycles. The number of benzene rings is 2. The van der Waals surface area contributed by atoms with Crippen LogP contribution >= 0.6 is 11.9 Å². The van der Waals surface area contributed by atoms with E-state index < -0.39 is 5.69 Å². The standard InChI is InChI=1S/C22H19N3O3S/c1-14-19(25-21(26)16-9-3-4-10-17(16)23-22(25)27)13-20(28-14)29-24-12-6-8-15-7-2-5-11-18(15)24/h2-5,7,9-11,13H,6,8,12H2,1H3,(H,23,27). The van der Waals surface area contributed by atoms with Gasteiger partial charge < -0.3 is 13.7 Å². The molecule has 0 aliphatic carbocycles. The fourth-order valence-electron chi connectivity index (χ4n) is 3.80. The Balaban J connectivity index is 1.55. The van der Waals surface area contributed by atoms with E-state index in [-0.39, 0.29) is 5.56 Å². The van der Waals surface area contributed by atoms with Gasteiger partial charge in [0.2, 0.25) is 0 Å². The van der Waals surface area contributed by atoms with E-state index in [2.05, 4.69) is 27.5 Å². The molecule has 7 heteroatoms. The molecule has 0 unspecified atom stereocenters. The zero-order chi connectivity index (χ0) is 20.0. The van der Waals surface area contributed by atoms with Crippen molar-refractivity contribution in [3.63, 3.8) is 0 Å². The molecule has 2 aromatic carbocycles. The van der Waals surface area contributed by atoms with Gasteiger partial charge in [0.25, 0.3) is 5.56 Å². The molecule has 0 fully saturated rings. The highest BCUT2D eigenvalue weighted by atomic mass is 32.2. The summed E-state index contributed by atoms with van der Waals surface area (Å²) in [4.78, 5) is 28.3. The number of aryl methyl sites for hydroxylation is 2. The van der Waals surface area contributed by atoms with Gasteiger partial charge >= 0.3 is 5.69 Å². The lowest BCUT2D eigenvalue weighted by Crippen LogP contribution is -2.33. The first-order valence-corrected chi connectivity index (χ1v) is 10.3. The molecule has 0 radical (unpaired) electrons. The van der Waals surface area contributed by atoms with Crippen molar-refractivity contribution in [1.29, 1.82) is 0 Å². The second-order valence-corrected chi connectivity index (χ2v) is 8.07. The normalized spacial score (nSPS) is 13.6. The number of furan rings is 1. The lowest BCUT2D eigenvalue weighted by Gasteiger charge is -2.28. The van der Waals surface area contributed by atoms with Crippen molar-refractivity contribution >= 4 is 28.5 Å². The minimum Gasteiger partial charge on any atom is -0.451 e. The molecule has 1 aliphatic rings. The molecular weight excluding hydrogens is 386 g/mol. The first-order chi connectivity index (χ1) is 14.1. The molecule has 4 aromatic rings. The molecule has 0 bridgehead atoms. The minimum atomic E-state index is -0.475. The van der Waals surface area contributed by atoms with E-state index in [1.807, 2.05) is 6.07 Å². The molecule has 3 heterocycles. The number of aromatic amines is 1. The molecule has 0 saturated heterocycles. The summed E-state index contributed by atoms with van der Waals surface area (Å²) in [5, 5.41) is 1.11. The summed E-state index contributed by atoms with van der Waals surface area (Å²) in [6.07, 6.45) is 2.14. The number of para-hydroxylation sites is 2. The summed E-state index contributed by atoms with van der Waals surface area (Å²) in [6.45, 7) is 2.68. The van der Waals surface area contributed by atoms with Crippen molar-refractivity contribution in [2.45, 2.75) is 24.9 Å². The van der Waals surface area contributed by atoms with Crippen LogP contribution in [0.5, 0.6) is 0 Å². The van der Waals surface area contributed by atoms with Crippen LogP contribution in [0, 0.1) is 6.92 Å². The number of anilines is 1. The number of nitrogens with one attached hydrogen (secondary N) is 1. The fraction of sp³-hybridized carbons (Fsp3) is 0.182. The second kappa shape index (κ2) is 7.00. The third kappa shape index (κ3) is 3.07. The molecule has 29 heavy (non-hydrogen) atoms. The van der Waals surface area contributed by atoms with E-state index in [0.29, 0.717) is 27.4 Å². The molecule has 0 atom stereocenters. The van der Waals surface area contributed by atoms with Gasteiger partial charge in [0, 0.05) is 24.6 Å². The Morgan fingerprint density at radius 1 is 1.03 bits per heavy atom. The molecule has 5 rings (SSSR count). The van der Waals surface area contributed by atoms with Gasteiger partial charge in [0.1, 0.15) is 5.76 Å². The molecule has 0 spiro atoms. The van der Waals surface area contributed by atoms with Gasteiger partial charge in [-0.05, 0) is 43.5 Å². The van der Waals surface area contributed by atoms with E-state index in [4.69, 9.17) is 4.42 Å². The Morgan fingerprint density at radius 2 is 1.83 bits per heavy atom. The highest BCUT2D eigenvalue weighted by Gasteiger charge is 2.21. The van der Waals surface area contributed by atoms with Crippen molar-refractivity contribution in [3.8, 4) is 5.69 Å². The highest BCUT2D eigenvalue weighted by Crippen LogP contribution is 2.37. The smallest absolute Gasteiger partial charge is 0.333 e. The summed E-state index contributed by atoms with van der Waals surface area (Å²) >= 11 is 1.49. The number of aromatic nitrogens is 2. The quantitative estimate of drug-likeness (QED) is 0.521. The largest absolute Gasteiger partial charge is 0.451 e. The second-order valence-electron chi connectivity index (χ2n) is 7.05. The van der Waals surface area contributed by atoms with Crippen molar-refractivity contribution < 1.29 is 4.42 Å². The third-order valence-corrected chi connectivity index (χ3v) is 6.16. The van der Waals surface area contributed by atoms with E-state index in [1.54, 1.807) is 37.3 Å². The number of nitrogens with zero attached hydrogens (tertiary/aromatic N) is 2. The maximum atomic E-state index is 12.9. The lowest BCUT2D eigenvalue weighted by atomic mass is 10.0. The fourth-order valence-corrected chi connectivity index (χ4v) is 4.84. The number of fused-ring (bicyclic) bond motifs is 2. The summed E-state index contributed by atoms with van der Waals surface area (Å²) in [7, 11) is 0. The molecule has 6 nitrogen and oxygen atoms in total. The maximum Gasteiger partial charge on any atom is 0.333 e. The van der Waals surface area contributed by atoms with Crippen molar-refractivity contribution in [1.82, 2.24) is 9.55 Å². The van der Waals surface area contributed by atoms with Gasteiger partial charge in [-0.1, -0.05) is 30.3 Å². The topological polar surface area (TPSA) is 71.2 Å². The van der Waals surface area contributed by atoms with Crippen LogP contribution in [0.15, 0.2) is 73.7 Å². The van der Waals surface area contributed by atoms with E-state index in [1.165, 1.54) is 23.2 Å². The van der Waals surface area contributed by atoms with Gasteiger partial charge in [0.05, 0.1) is 22.3 Å². The number of hydrogen-bond donors (Lipinski definition) is 1. The molecule has 0 amide bonds. The number of hydrogen-bond acceptors (Lipinski definition) is 5. The average molecular weight is 405 g/mol. The Hall–Kier alpha value is -3.19. The van der Waals surface area contributed by atoms with Crippen LogP contribution in [0.25, 0.3) is 16.6 Å². The van der Waals surface area contributed by atoms with Crippen LogP contribution in [0.3, 0.4) is 0 Å². The van der Waals surface area contributed by atoms with Crippen molar-refractivity contribution in [2.75, 3.05) is 10.8 Å². The highest BCUT2D eigenvalue weighted by molar-refractivity contribution is 8.00. The average Bonchev–Trinajstić information content (AvgIpc) is 3.08. The van der Waals surface area contributed by atoms with Crippen molar-refractivity contribution in [3.05, 3.63) is 86.8 Å². The van der Waals surface area contributed by atoms with E-state index in [9.17, 15) is 9.59 Å². The summed E-state index contributed by atoms with van der Waals surface area (Å²) in [5.74, 6) is 0.528. The molecule has 2 aromatic heterocycles. The van der Waals surface area contributed by atoms with Crippen LogP contribution in [-0.4, -0.2) is 16.1 Å². The maximum absolute atomic E-state index is 12.9. The Labute approximate surface area is 170 Å². The Morgan fingerprint density at radius 3 is 2.72 bits per heavy atom. The molecule has 1 aliphatic heterocycles. The predicted molar refractivity (Wildman–Crippen MR) is 115 cm³/mol. The number of rotatable bonds is 3. The third-order valence-electron chi connectivity index (χ3n) is 5.18. The SMILES string of the molecule is Cc1oc(SN2CCCc3ccccc32)cc1-n1c(=O)[nH]c2ccccc2c1=O. The summed E-state index contributed by atoms with van der Waals surface area (Å²) in [5.41, 5.74) is 2.66. The van der Waals surface area contributed by atoms with E-state index >= 15 is 0 Å². The van der Waals surface area contributed by atoms with Crippen molar-refractivity contribution in [2.24, 2.45) is 0 Å². The monoisotopic (exact) mass is 405 g/mol. The Kier molecular flexibility index (Phi) is 4.32. The van der Waals surface area contributed by atoms with Gasteiger partial charge in [-0.15, -0.1) is 0 Å². The Bertz CT molecular complexity index is 1340. The van der Waals surface area contributed by atoms with Gasteiger partial charge in [-0.2, -0.15) is 0 Å². The summed E-state index contributed by atoms with van der Waals surface area (Å²) in [6, 6.07) is 17.1.